The summed E-state index contributed by atoms with van der Waals surface area (Å²) in [5.74, 6) is 0.707. The standard InChI is InChI=1S/C13H14BrNO2/c1-17-12-6-3-10(14)8-9(12)2-7-13(16)15-11-4-5-11/h2-3,6-8,11H,4-5H2,1H3,(H,15,16)/b7-2-. The summed E-state index contributed by atoms with van der Waals surface area (Å²) in [5.41, 5.74) is 0.882. The molecule has 90 valence electrons. The Balaban J connectivity index is 2.07. The fraction of sp³-hybridized carbons (Fsp3) is 0.308. The van der Waals surface area contributed by atoms with Gasteiger partial charge < -0.3 is 10.1 Å². The molecule has 1 amide bonds. The monoisotopic (exact) mass is 295 g/mol. The first-order chi connectivity index (χ1) is 8.19. The van der Waals surface area contributed by atoms with Crippen molar-refractivity contribution in [3.63, 3.8) is 0 Å². The van der Waals surface area contributed by atoms with Gasteiger partial charge in [-0.25, -0.2) is 0 Å². The molecule has 0 saturated heterocycles. The summed E-state index contributed by atoms with van der Waals surface area (Å²) >= 11 is 3.39. The molecule has 0 radical (unpaired) electrons. The van der Waals surface area contributed by atoms with E-state index in [1.807, 2.05) is 18.2 Å². The van der Waals surface area contributed by atoms with Crippen molar-refractivity contribution in [2.75, 3.05) is 7.11 Å². The number of benzene rings is 1. The predicted octanol–water partition coefficient (Wildman–Crippen LogP) is 2.75. The van der Waals surface area contributed by atoms with Gasteiger partial charge in [0.1, 0.15) is 5.75 Å². The fourth-order valence-electron chi connectivity index (χ4n) is 1.48. The number of hydrogen-bond donors (Lipinski definition) is 1. The Bertz CT molecular complexity index is 453. The van der Waals surface area contributed by atoms with E-state index >= 15 is 0 Å². The number of amides is 1. The smallest absolute Gasteiger partial charge is 0.244 e. The topological polar surface area (TPSA) is 38.3 Å². The molecule has 3 nitrogen and oxygen atoms in total. The van der Waals surface area contributed by atoms with Crippen LogP contribution in [0.25, 0.3) is 6.08 Å². The van der Waals surface area contributed by atoms with E-state index in [2.05, 4.69) is 21.2 Å². The highest BCUT2D eigenvalue weighted by Crippen LogP contribution is 2.24. The van der Waals surface area contributed by atoms with Crippen LogP contribution in [0, 0.1) is 0 Å². The highest BCUT2D eigenvalue weighted by Gasteiger charge is 2.22. The largest absolute Gasteiger partial charge is 0.496 e. The molecule has 4 heteroatoms. The van der Waals surface area contributed by atoms with Gasteiger partial charge in [-0.1, -0.05) is 15.9 Å². The van der Waals surface area contributed by atoms with Gasteiger partial charge in [0.15, 0.2) is 0 Å². The highest BCUT2D eigenvalue weighted by molar-refractivity contribution is 9.10. The van der Waals surface area contributed by atoms with Gasteiger partial charge in [-0.3, -0.25) is 4.79 Å². The van der Waals surface area contributed by atoms with Crippen molar-refractivity contribution in [2.24, 2.45) is 0 Å². The number of carbonyl (C=O) groups is 1. The Hall–Kier alpha value is -1.29. The molecule has 0 heterocycles. The van der Waals surface area contributed by atoms with E-state index in [0.717, 1.165) is 28.6 Å². The van der Waals surface area contributed by atoms with E-state index in [4.69, 9.17) is 4.74 Å². The van der Waals surface area contributed by atoms with Crippen LogP contribution in [0.4, 0.5) is 0 Å². The third-order valence-corrected chi connectivity index (χ3v) is 3.02. The van der Waals surface area contributed by atoms with Crippen molar-refractivity contribution in [3.8, 4) is 5.75 Å². The molecule has 0 bridgehead atoms. The normalized spacial score (nSPS) is 14.9. The van der Waals surface area contributed by atoms with Gasteiger partial charge >= 0.3 is 0 Å². The molecule has 1 aromatic rings. The molecule has 1 saturated carbocycles. The van der Waals surface area contributed by atoms with Crippen molar-refractivity contribution < 1.29 is 9.53 Å². The van der Waals surface area contributed by atoms with Crippen LogP contribution in [-0.2, 0) is 4.79 Å². The van der Waals surface area contributed by atoms with Gasteiger partial charge in [0.25, 0.3) is 0 Å². The average Bonchev–Trinajstić information content (AvgIpc) is 3.10. The Labute approximate surface area is 109 Å². The summed E-state index contributed by atoms with van der Waals surface area (Å²) in [6.07, 6.45) is 5.50. The molecule has 1 aliphatic rings. The minimum atomic E-state index is -0.0467. The Kier molecular flexibility index (Phi) is 3.84. The van der Waals surface area contributed by atoms with E-state index in [1.54, 1.807) is 19.3 Å². The second-order valence-electron chi connectivity index (χ2n) is 4.00. The Morgan fingerprint density at radius 2 is 2.29 bits per heavy atom. The van der Waals surface area contributed by atoms with E-state index in [-0.39, 0.29) is 5.91 Å². The lowest BCUT2D eigenvalue weighted by Gasteiger charge is -2.05. The Morgan fingerprint density at radius 1 is 1.53 bits per heavy atom. The molecular weight excluding hydrogens is 282 g/mol. The number of halogens is 1. The van der Waals surface area contributed by atoms with Crippen molar-refractivity contribution in [1.82, 2.24) is 5.32 Å². The Morgan fingerprint density at radius 3 is 2.94 bits per heavy atom. The first kappa shape index (κ1) is 12.2. The predicted molar refractivity (Wildman–Crippen MR) is 70.9 cm³/mol. The van der Waals surface area contributed by atoms with Crippen LogP contribution in [0.3, 0.4) is 0 Å². The van der Waals surface area contributed by atoms with Gasteiger partial charge in [0, 0.05) is 22.2 Å². The maximum absolute atomic E-state index is 11.5. The van der Waals surface area contributed by atoms with Gasteiger partial charge in [0.2, 0.25) is 5.91 Å². The molecule has 0 unspecified atom stereocenters. The minimum absolute atomic E-state index is 0.0467. The fourth-order valence-corrected chi connectivity index (χ4v) is 1.86. The quantitative estimate of drug-likeness (QED) is 0.868. The molecule has 1 aromatic carbocycles. The highest BCUT2D eigenvalue weighted by atomic mass is 79.9. The van der Waals surface area contributed by atoms with Crippen LogP contribution < -0.4 is 10.1 Å². The molecule has 17 heavy (non-hydrogen) atoms. The zero-order chi connectivity index (χ0) is 12.3. The second kappa shape index (κ2) is 5.36. The molecule has 0 spiro atoms. The van der Waals surface area contributed by atoms with Crippen LogP contribution in [-0.4, -0.2) is 19.1 Å². The molecule has 1 fully saturated rings. The van der Waals surface area contributed by atoms with Crippen molar-refractivity contribution in [3.05, 3.63) is 34.3 Å². The van der Waals surface area contributed by atoms with Crippen LogP contribution in [0.15, 0.2) is 28.7 Å². The summed E-state index contributed by atoms with van der Waals surface area (Å²) in [4.78, 5) is 11.5. The van der Waals surface area contributed by atoms with Crippen LogP contribution >= 0.6 is 15.9 Å². The number of methoxy groups -OCH3 is 1. The number of nitrogens with one attached hydrogen (secondary N) is 1. The third-order valence-electron chi connectivity index (χ3n) is 2.53. The molecule has 0 aromatic heterocycles. The molecule has 1 N–H and O–H groups in total. The van der Waals surface area contributed by atoms with Gasteiger partial charge in [-0.2, -0.15) is 0 Å². The van der Waals surface area contributed by atoms with Crippen molar-refractivity contribution in [1.29, 1.82) is 0 Å². The number of rotatable bonds is 4. The second-order valence-corrected chi connectivity index (χ2v) is 4.92. The van der Waals surface area contributed by atoms with Crippen molar-refractivity contribution >= 4 is 27.9 Å². The lowest BCUT2D eigenvalue weighted by atomic mass is 10.2. The first-order valence-corrected chi connectivity index (χ1v) is 6.30. The lowest BCUT2D eigenvalue weighted by molar-refractivity contribution is -0.116. The first-order valence-electron chi connectivity index (χ1n) is 5.51. The molecule has 0 atom stereocenters. The number of carbonyl (C=O) groups excluding carboxylic acids is 1. The summed E-state index contributed by atoms with van der Waals surface area (Å²) in [5, 5.41) is 2.90. The zero-order valence-corrected chi connectivity index (χ0v) is 11.2. The van der Waals surface area contributed by atoms with E-state index in [0.29, 0.717) is 6.04 Å². The SMILES string of the molecule is COc1ccc(Br)cc1/C=C\C(=O)NC1CC1. The maximum Gasteiger partial charge on any atom is 0.244 e. The van der Waals surface area contributed by atoms with Gasteiger partial charge in [0.05, 0.1) is 7.11 Å². The lowest BCUT2D eigenvalue weighted by Crippen LogP contribution is -2.22. The number of hydrogen-bond acceptors (Lipinski definition) is 2. The molecule has 0 aliphatic heterocycles. The zero-order valence-electron chi connectivity index (χ0n) is 9.57. The van der Waals surface area contributed by atoms with E-state index in [1.165, 1.54) is 0 Å². The van der Waals surface area contributed by atoms with E-state index in [9.17, 15) is 4.79 Å². The van der Waals surface area contributed by atoms with Gasteiger partial charge in [-0.05, 0) is 37.1 Å². The average molecular weight is 296 g/mol. The summed E-state index contributed by atoms with van der Waals surface area (Å²) in [6.45, 7) is 0. The van der Waals surface area contributed by atoms with Crippen molar-refractivity contribution in [2.45, 2.75) is 18.9 Å². The minimum Gasteiger partial charge on any atom is -0.496 e. The van der Waals surface area contributed by atoms with Gasteiger partial charge in [-0.15, -0.1) is 0 Å². The summed E-state index contributed by atoms with van der Waals surface area (Å²) in [6, 6.07) is 6.07. The summed E-state index contributed by atoms with van der Waals surface area (Å²) in [7, 11) is 1.62. The number of ether oxygens (including phenoxy) is 1. The molecule has 1 aliphatic carbocycles. The van der Waals surface area contributed by atoms with Crippen LogP contribution in [0.5, 0.6) is 5.75 Å². The summed E-state index contributed by atoms with van der Waals surface area (Å²) < 4.78 is 6.18. The van der Waals surface area contributed by atoms with E-state index < -0.39 is 0 Å². The van der Waals surface area contributed by atoms with Crippen LogP contribution in [0.2, 0.25) is 0 Å². The van der Waals surface area contributed by atoms with Crippen LogP contribution in [0.1, 0.15) is 18.4 Å². The third kappa shape index (κ3) is 3.60. The molecule has 2 rings (SSSR count). The maximum atomic E-state index is 11.5. The molecular formula is C13H14BrNO2.